The highest BCUT2D eigenvalue weighted by Crippen LogP contribution is 2.66. The summed E-state index contributed by atoms with van der Waals surface area (Å²) in [6.45, 7) is 3.93. The van der Waals surface area contributed by atoms with Gasteiger partial charge in [0.15, 0.2) is 0 Å². The van der Waals surface area contributed by atoms with Crippen molar-refractivity contribution >= 4 is 20.9 Å². The number of nitrogens with zero attached hydrogens (tertiary/aromatic N) is 7. The SMILES string of the molecule is Cc1cc2c(cnn2-c2ccc(F)cc2)cc1[C@]12CN(S(=O)(=O)c3cnn(C)n3)C[C@H]1[C@@H]2CN1CCC(F)(F)CC1. The third-order valence-corrected chi connectivity index (χ3v) is 10.9. The number of sulfonamides is 1. The molecule has 1 aliphatic carbocycles. The van der Waals surface area contributed by atoms with Crippen LogP contribution in [0.3, 0.4) is 0 Å². The number of rotatable bonds is 6. The van der Waals surface area contributed by atoms with Gasteiger partial charge in [0.25, 0.3) is 15.9 Å². The number of hydrogen-bond donors (Lipinski definition) is 0. The van der Waals surface area contributed by atoms with E-state index in [0.29, 0.717) is 26.2 Å². The Morgan fingerprint density at radius 3 is 2.46 bits per heavy atom. The van der Waals surface area contributed by atoms with Gasteiger partial charge in [0.1, 0.15) is 5.82 Å². The van der Waals surface area contributed by atoms with Crippen LogP contribution in [0.1, 0.15) is 24.0 Å². The first-order valence-corrected chi connectivity index (χ1v) is 15.1. The summed E-state index contributed by atoms with van der Waals surface area (Å²) >= 11 is 0. The zero-order valence-electron chi connectivity index (χ0n) is 22.7. The number of alkyl halides is 2. The molecule has 3 atom stereocenters. The van der Waals surface area contributed by atoms with Crippen LogP contribution in [0, 0.1) is 24.6 Å². The molecule has 0 spiro atoms. The lowest BCUT2D eigenvalue weighted by atomic mass is 9.88. The fraction of sp³-hybridized carbons (Fsp3) is 0.464. The van der Waals surface area contributed by atoms with Gasteiger partial charge in [-0.3, -0.25) is 0 Å². The van der Waals surface area contributed by atoms with Crippen molar-refractivity contribution in [3.63, 3.8) is 0 Å². The normalized spacial score (nSPS) is 26.5. The third-order valence-electron chi connectivity index (χ3n) is 9.25. The van der Waals surface area contributed by atoms with Gasteiger partial charge in [-0.05, 0) is 66.3 Å². The molecule has 4 aromatic rings. The van der Waals surface area contributed by atoms with Gasteiger partial charge in [-0.15, -0.1) is 5.10 Å². The topological polar surface area (TPSA) is 89.2 Å². The molecule has 2 aliphatic heterocycles. The van der Waals surface area contributed by atoms with E-state index >= 15 is 0 Å². The van der Waals surface area contributed by atoms with E-state index in [-0.39, 0.29) is 42.1 Å². The van der Waals surface area contributed by atoms with E-state index in [9.17, 15) is 21.6 Å². The fourth-order valence-electron chi connectivity index (χ4n) is 7.05. The van der Waals surface area contributed by atoms with E-state index in [4.69, 9.17) is 0 Å². The molecule has 41 heavy (non-hydrogen) atoms. The molecule has 4 heterocycles. The molecule has 2 aromatic heterocycles. The van der Waals surface area contributed by atoms with E-state index in [1.54, 1.807) is 30.1 Å². The maximum atomic E-state index is 13.9. The van der Waals surface area contributed by atoms with Crippen LogP contribution < -0.4 is 0 Å². The van der Waals surface area contributed by atoms with Crippen LogP contribution in [0.4, 0.5) is 13.2 Å². The summed E-state index contributed by atoms with van der Waals surface area (Å²) in [5.74, 6) is -2.78. The van der Waals surface area contributed by atoms with E-state index in [1.807, 2.05) is 13.0 Å². The summed E-state index contributed by atoms with van der Waals surface area (Å²) < 4.78 is 71.5. The Kier molecular flexibility index (Phi) is 5.91. The van der Waals surface area contributed by atoms with Gasteiger partial charge in [0, 0.05) is 63.4 Å². The second-order valence-corrected chi connectivity index (χ2v) is 13.5. The Morgan fingerprint density at radius 2 is 1.78 bits per heavy atom. The average Bonchev–Trinajstić information content (AvgIpc) is 3.40. The van der Waals surface area contributed by atoms with Gasteiger partial charge < -0.3 is 4.90 Å². The molecule has 0 unspecified atom stereocenters. The van der Waals surface area contributed by atoms with Crippen LogP contribution in [-0.4, -0.2) is 81.0 Å². The second kappa shape index (κ2) is 9.10. The van der Waals surface area contributed by atoms with Crippen molar-refractivity contribution in [2.75, 3.05) is 32.7 Å². The number of fused-ring (bicyclic) bond motifs is 2. The van der Waals surface area contributed by atoms with E-state index in [2.05, 4.69) is 26.3 Å². The predicted octanol–water partition coefficient (Wildman–Crippen LogP) is 3.52. The number of aryl methyl sites for hydroxylation is 2. The number of likely N-dealkylation sites (tertiary alicyclic amines) is 1. The van der Waals surface area contributed by atoms with Crippen molar-refractivity contribution in [3.8, 4) is 5.69 Å². The molecule has 13 heteroatoms. The summed E-state index contributed by atoms with van der Waals surface area (Å²) in [6, 6.07) is 10.3. The molecule has 0 radical (unpaired) electrons. The highest BCUT2D eigenvalue weighted by Gasteiger charge is 2.71. The molecule has 3 aliphatic rings. The van der Waals surface area contributed by atoms with Crippen LogP contribution in [0.5, 0.6) is 0 Å². The summed E-state index contributed by atoms with van der Waals surface area (Å²) in [6.07, 6.45) is 2.72. The fourth-order valence-corrected chi connectivity index (χ4v) is 8.46. The molecular weight excluding hydrogens is 555 g/mol. The average molecular weight is 586 g/mol. The first-order chi connectivity index (χ1) is 19.5. The van der Waals surface area contributed by atoms with Crippen molar-refractivity contribution in [3.05, 3.63) is 65.7 Å². The van der Waals surface area contributed by atoms with E-state index in [1.165, 1.54) is 27.4 Å². The molecule has 3 fully saturated rings. The van der Waals surface area contributed by atoms with Crippen molar-refractivity contribution in [1.29, 1.82) is 0 Å². The first-order valence-electron chi connectivity index (χ1n) is 13.7. The van der Waals surface area contributed by atoms with Gasteiger partial charge >= 0.3 is 0 Å². The Hall–Kier alpha value is -3.29. The lowest BCUT2D eigenvalue weighted by molar-refractivity contribution is -0.0563. The monoisotopic (exact) mass is 585 g/mol. The standard InChI is InChI=1S/C28H30F3N7O2S/c1-18-11-25-19(13-33-38(25)21-5-3-20(29)4-6-21)12-22(18)28-17-37(41(39,40)26-14-32-35(2)34-26)16-24(28)23(28)15-36-9-7-27(30,31)8-10-36/h3-6,11-14,23-24H,7-10,15-17H2,1-2H3/t23-,24-,28-/m0/s1. The van der Waals surface area contributed by atoms with Gasteiger partial charge in [-0.25, -0.2) is 26.3 Å². The Bertz CT molecular complexity index is 1740. The summed E-state index contributed by atoms with van der Waals surface area (Å²) in [5, 5.41) is 13.4. The highest BCUT2D eigenvalue weighted by atomic mass is 32.2. The molecule has 0 bridgehead atoms. The largest absolute Gasteiger partial charge is 0.303 e. The molecule has 7 rings (SSSR count). The van der Waals surface area contributed by atoms with Crippen LogP contribution >= 0.6 is 0 Å². The van der Waals surface area contributed by atoms with Crippen molar-refractivity contribution in [2.24, 2.45) is 18.9 Å². The van der Waals surface area contributed by atoms with Crippen molar-refractivity contribution in [1.82, 2.24) is 34.0 Å². The van der Waals surface area contributed by atoms with Crippen LogP contribution in [0.2, 0.25) is 0 Å². The Labute approximate surface area is 235 Å². The predicted molar refractivity (Wildman–Crippen MR) is 145 cm³/mol. The minimum atomic E-state index is -3.85. The zero-order chi connectivity index (χ0) is 28.7. The van der Waals surface area contributed by atoms with E-state index < -0.39 is 21.4 Å². The molecule has 0 amide bonds. The Balaban J connectivity index is 1.25. The second-order valence-electron chi connectivity index (χ2n) is 11.6. The number of halogens is 3. The van der Waals surface area contributed by atoms with E-state index in [0.717, 1.165) is 27.7 Å². The smallest absolute Gasteiger partial charge is 0.264 e. The minimum Gasteiger partial charge on any atom is -0.303 e. The van der Waals surface area contributed by atoms with Gasteiger partial charge in [-0.1, -0.05) is 0 Å². The van der Waals surface area contributed by atoms with Crippen molar-refractivity contribution < 1.29 is 21.6 Å². The molecule has 216 valence electrons. The summed E-state index contributed by atoms with van der Waals surface area (Å²) in [5.41, 5.74) is 3.20. The highest BCUT2D eigenvalue weighted by molar-refractivity contribution is 7.89. The summed E-state index contributed by atoms with van der Waals surface area (Å²) in [7, 11) is -2.28. The van der Waals surface area contributed by atoms with Gasteiger partial charge in [-0.2, -0.15) is 19.3 Å². The maximum absolute atomic E-state index is 13.9. The molecule has 2 aromatic carbocycles. The van der Waals surface area contributed by atoms with Crippen LogP contribution in [-0.2, 0) is 22.5 Å². The maximum Gasteiger partial charge on any atom is 0.264 e. The minimum absolute atomic E-state index is 0.0414. The molecule has 0 N–H and O–H groups in total. The van der Waals surface area contributed by atoms with Crippen LogP contribution in [0.25, 0.3) is 16.6 Å². The lowest BCUT2D eigenvalue weighted by Crippen LogP contribution is -2.42. The molecule has 9 nitrogen and oxygen atoms in total. The zero-order valence-corrected chi connectivity index (χ0v) is 23.5. The quantitative estimate of drug-likeness (QED) is 0.344. The number of aromatic nitrogens is 5. The Morgan fingerprint density at radius 1 is 1.05 bits per heavy atom. The lowest BCUT2D eigenvalue weighted by Gasteiger charge is -2.33. The number of benzene rings is 2. The van der Waals surface area contributed by atoms with Crippen molar-refractivity contribution in [2.45, 2.75) is 36.1 Å². The number of piperidine rings is 2. The first kappa shape index (κ1) is 26.6. The van der Waals surface area contributed by atoms with Crippen LogP contribution in [0.15, 0.2) is 53.8 Å². The van der Waals surface area contributed by atoms with Gasteiger partial charge in [0.05, 0.1) is 23.6 Å². The molecule has 2 saturated heterocycles. The summed E-state index contributed by atoms with van der Waals surface area (Å²) in [4.78, 5) is 3.33. The molecular formula is C28H30F3N7O2S. The number of hydrogen-bond acceptors (Lipinski definition) is 6. The molecule has 1 saturated carbocycles. The van der Waals surface area contributed by atoms with Gasteiger partial charge in [0.2, 0.25) is 5.03 Å². The third kappa shape index (κ3) is 4.28.